The first-order valence-electron chi connectivity index (χ1n) is 5.95. The van der Waals surface area contributed by atoms with Crippen LogP contribution in [-0.4, -0.2) is 25.9 Å². The molecule has 0 saturated heterocycles. The molecular weight excluding hydrogens is 236 g/mol. The van der Waals surface area contributed by atoms with Gasteiger partial charge in [0.05, 0.1) is 11.0 Å². The smallest absolute Gasteiger partial charge is 0.175 e. The van der Waals surface area contributed by atoms with E-state index in [-0.39, 0.29) is 6.10 Å². The van der Waals surface area contributed by atoms with Crippen molar-refractivity contribution >= 4 is 9.84 Å². The lowest BCUT2D eigenvalue weighted by Crippen LogP contribution is -2.16. The first-order valence-corrected chi connectivity index (χ1v) is 7.84. The molecule has 1 aromatic rings. The van der Waals surface area contributed by atoms with Crippen LogP contribution in [0.15, 0.2) is 29.2 Å². The van der Waals surface area contributed by atoms with E-state index in [1.54, 1.807) is 12.1 Å². The zero-order valence-corrected chi connectivity index (χ0v) is 10.8. The van der Waals surface area contributed by atoms with E-state index in [1.807, 2.05) is 12.1 Å². The summed E-state index contributed by atoms with van der Waals surface area (Å²) >= 11 is 0. The fourth-order valence-electron chi connectivity index (χ4n) is 2.40. The van der Waals surface area contributed by atoms with E-state index in [2.05, 4.69) is 0 Å². The molecule has 0 bridgehead atoms. The topological polar surface area (TPSA) is 54.4 Å². The zero-order chi connectivity index (χ0) is 12.5. The third-order valence-electron chi connectivity index (χ3n) is 3.48. The van der Waals surface area contributed by atoms with Gasteiger partial charge in [-0.05, 0) is 49.3 Å². The average molecular weight is 254 g/mol. The zero-order valence-electron chi connectivity index (χ0n) is 9.96. The summed E-state index contributed by atoms with van der Waals surface area (Å²) in [4.78, 5) is 0.372. The van der Waals surface area contributed by atoms with Crippen LogP contribution in [0.3, 0.4) is 0 Å². The molecule has 1 aromatic carbocycles. The minimum atomic E-state index is -3.10. The summed E-state index contributed by atoms with van der Waals surface area (Å²) in [5, 5.41) is 9.45. The quantitative estimate of drug-likeness (QED) is 0.879. The van der Waals surface area contributed by atoms with E-state index in [1.165, 1.54) is 11.8 Å². The van der Waals surface area contributed by atoms with Gasteiger partial charge < -0.3 is 5.11 Å². The maximum Gasteiger partial charge on any atom is 0.175 e. The molecule has 0 unspecified atom stereocenters. The molecule has 17 heavy (non-hydrogen) atoms. The number of rotatable bonds is 2. The summed E-state index contributed by atoms with van der Waals surface area (Å²) < 4.78 is 22.7. The molecule has 1 aliphatic rings. The highest BCUT2D eigenvalue weighted by atomic mass is 32.2. The molecule has 0 radical (unpaired) electrons. The summed E-state index contributed by atoms with van der Waals surface area (Å²) in [7, 11) is -3.10. The Labute approximate surface area is 102 Å². The molecule has 1 fully saturated rings. The van der Waals surface area contributed by atoms with Crippen LogP contribution < -0.4 is 0 Å². The highest BCUT2D eigenvalue weighted by Gasteiger charge is 2.20. The SMILES string of the molecule is CS(=O)(=O)c1ccc([C@H]2CC[C@H](O)CC2)cc1. The molecule has 0 heterocycles. The van der Waals surface area contributed by atoms with Gasteiger partial charge in [-0.3, -0.25) is 0 Å². The first-order chi connectivity index (χ1) is 7.97. The number of aliphatic hydroxyl groups is 1. The molecule has 1 aliphatic carbocycles. The Morgan fingerprint density at radius 2 is 1.59 bits per heavy atom. The summed E-state index contributed by atoms with van der Waals surface area (Å²) in [6, 6.07) is 7.16. The maximum absolute atomic E-state index is 11.3. The standard InChI is InChI=1S/C13H18O3S/c1-17(15,16)13-8-4-11(5-9-13)10-2-6-12(14)7-3-10/h4-5,8-10,12,14H,2-3,6-7H2,1H3/t10-,12-. The van der Waals surface area contributed by atoms with Crippen LogP contribution in [0, 0.1) is 0 Å². The Hall–Kier alpha value is -0.870. The molecule has 0 amide bonds. The Morgan fingerprint density at radius 3 is 2.06 bits per heavy atom. The summed E-state index contributed by atoms with van der Waals surface area (Å²) in [5.74, 6) is 0.465. The van der Waals surface area contributed by atoms with E-state index >= 15 is 0 Å². The van der Waals surface area contributed by atoms with Crippen molar-refractivity contribution in [3.8, 4) is 0 Å². The first kappa shape index (κ1) is 12.6. The summed E-state index contributed by atoms with van der Waals surface area (Å²) in [6.07, 6.45) is 4.73. The third-order valence-corrected chi connectivity index (χ3v) is 4.60. The monoisotopic (exact) mass is 254 g/mol. The van der Waals surface area contributed by atoms with Crippen molar-refractivity contribution < 1.29 is 13.5 Å². The largest absolute Gasteiger partial charge is 0.393 e. The van der Waals surface area contributed by atoms with Gasteiger partial charge in [-0.1, -0.05) is 12.1 Å². The highest BCUT2D eigenvalue weighted by Crippen LogP contribution is 2.33. The molecule has 1 N–H and O–H groups in total. The lowest BCUT2D eigenvalue weighted by atomic mass is 9.83. The summed E-state index contributed by atoms with van der Waals surface area (Å²) in [6.45, 7) is 0. The van der Waals surface area contributed by atoms with Crippen molar-refractivity contribution in [2.45, 2.75) is 42.6 Å². The van der Waals surface area contributed by atoms with Gasteiger partial charge in [0.25, 0.3) is 0 Å². The number of benzene rings is 1. The van der Waals surface area contributed by atoms with E-state index in [0.29, 0.717) is 10.8 Å². The Bertz CT molecular complexity index is 468. The lowest BCUT2D eigenvalue weighted by molar-refractivity contribution is 0.122. The van der Waals surface area contributed by atoms with Crippen molar-refractivity contribution in [2.24, 2.45) is 0 Å². The van der Waals surface area contributed by atoms with Crippen molar-refractivity contribution in [3.05, 3.63) is 29.8 Å². The van der Waals surface area contributed by atoms with Crippen molar-refractivity contribution in [2.75, 3.05) is 6.26 Å². The molecule has 0 aliphatic heterocycles. The molecule has 0 atom stereocenters. The Balaban J connectivity index is 2.13. The van der Waals surface area contributed by atoms with Gasteiger partial charge in [0.1, 0.15) is 0 Å². The Kier molecular flexibility index (Phi) is 3.54. The van der Waals surface area contributed by atoms with Crippen molar-refractivity contribution in [1.82, 2.24) is 0 Å². The van der Waals surface area contributed by atoms with Gasteiger partial charge in [0, 0.05) is 6.26 Å². The van der Waals surface area contributed by atoms with Gasteiger partial charge in [0.15, 0.2) is 9.84 Å². The number of aliphatic hydroxyl groups excluding tert-OH is 1. The molecule has 1 saturated carbocycles. The second kappa shape index (κ2) is 4.78. The normalized spacial score (nSPS) is 25.8. The van der Waals surface area contributed by atoms with E-state index in [9.17, 15) is 13.5 Å². The van der Waals surface area contributed by atoms with Crippen molar-refractivity contribution in [1.29, 1.82) is 0 Å². The molecule has 4 heteroatoms. The highest BCUT2D eigenvalue weighted by molar-refractivity contribution is 7.90. The van der Waals surface area contributed by atoms with Gasteiger partial charge in [-0.25, -0.2) is 8.42 Å². The molecule has 2 rings (SSSR count). The fraction of sp³-hybridized carbons (Fsp3) is 0.538. The summed E-state index contributed by atoms with van der Waals surface area (Å²) in [5.41, 5.74) is 1.18. The molecule has 0 spiro atoms. The van der Waals surface area contributed by atoms with Crippen molar-refractivity contribution in [3.63, 3.8) is 0 Å². The molecule has 94 valence electrons. The van der Waals surface area contributed by atoms with Gasteiger partial charge in [-0.15, -0.1) is 0 Å². The number of hydrogen-bond donors (Lipinski definition) is 1. The van der Waals surface area contributed by atoms with E-state index in [4.69, 9.17) is 0 Å². The maximum atomic E-state index is 11.3. The van der Waals surface area contributed by atoms with Crippen LogP contribution in [0.1, 0.15) is 37.2 Å². The molecule has 3 nitrogen and oxygen atoms in total. The average Bonchev–Trinajstić information content (AvgIpc) is 2.29. The minimum absolute atomic E-state index is 0.151. The third kappa shape index (κ3) is 3.07. The fourth-order valence-corrected chi connectivity index (χ4v) is 3.03. The lowest BCUT2D eigenvalue weighted by Gasteiger charge is -2.25. The molecule has 0 aromatic heterocycles. The Morgan fingerprint density at radius 1 is 1.06 bits per heavy atom. The van der Waals surface area contributed by atoms with Gasteiger partial charge in [0.2, 0.25) is 0 Å². The van der Waals surface area contributed by atoms with Crippen LogP contribution >= 0.6 is 0 Å². The second-order valence-corrected chi connectivity index (χ2v) is 6.86. The minimum Gasteiger partial charge on any atom is -0.393 e. The van der Waals surface area contributed by atoms with Gasteiger partial charge >= 0.3 is 0 Å². The van der Waals surface area contributed by atoms with Crippen LogP contribution in [0.25, 0.3) is 0 Å². The molecular formula is C13H18O3S. The second-order valence-electron chi connectivity index (χ2n) is 4.85. The number of hydrogen-bond acceptors (Lipinski definition) is 3. The predicted molar refractivity (Wildman–Crippen MR) is 66.8 cm³/mol. The van der Waals surface area contributed by atoms with E-state index in [0.717, 1.165) is 25.7 Å². The van der Waals surface area contributed by atoms with Crippen LogP contribution in [0.5, 0.6) is 0 Å². The van der Waals surface area contributed by atoms with Crippen LogP contribution in [-0.2, 0) is 9.84 Å². The van der Waals surface area contributed by atoms with E-state index < -0.39 is 9.84 Å². The predicted octanol–water partition coefficient (Wildman–Crippen LogP) is 2.11. The van der Waals surface area contributed by atoms with Gasteiger partial charge in [-0.2, -0.15) is 0 Å². The van der Waals surface area contributed by atoms with Crippen LogP contribution in [0.2, 0.25) is 0 Å². The number of sulfone groups is 1. The van der Waals surface area contributed by atoms with Crippen LogP contribution in [0.4, 0.5) is 0 Å².